The maximum atomic E-state index is 12.6. The van der Waals surface area contributed by atoms with Gasteiger partial charge in [0.1, 0.15) is 11.8 Å². The van der Waals surface area contributed by atoms with Crippen molar-refractivity contribution in [3.05, 3.63) is 52.4 Å². The van der Waals surface area contributed by atoms with Crippen LogP contribution in [-0.4, -0.2) is 24.4 Å². The van der Waals surface area contributed by atoms with Crippen molar-refractivity contribution in [3.63, 3.8) is 0 Å². The monoisotopic (exact) mass is 346 g/mol. The maximum absolute atomic E-state index is 12.6. The first-order chi connectivity index (χ1) is 11.5. The van der Waals surface area contributed by atoms with Crippen molar-refractivity contribution in [3.8, 4) is 0 Å². The standard InChI is InChI=1S/C18H19ClN2O3/c1-3-15-11(2)10-16(24-15)17(22)20-13-8-9-21(18(13)23)14-7-5-4-6-12(14)19/h4-7,10,13H,3,8-9H2,1-2H3,(H,20,22)/t13-/m0/s1. The predicted molar refractivity (Wildman–Crippen MR) is 92.5 cm³/mol. The Morgan fingerprint density at radius 3 is 2.83 bits per heavy atom. The summed E-state index contributed by atoms with van der Waals surface area (Å²) in [6.07, 6.45) is 1.26. The Morgan fingerprint density at radius 1 is 1.42 bits per heavy atom. The second-order valence-corrected chi connectivity index (χ2v) is 6.23. The van der Waals surface area contributed by atoms with Gasteiger partial charge in [0.25, 0.3) is 5.91 Å². The Morgan fingerprint density at radius 2 is 2.17 bits per heavy atom. The quantitative estimate of drug-likeness (QED) is 0.923. The van der Waals surface area contributed by atoms with E-state index in [0.717, 1.165) is 17.7 Å². The molecule has 1 aliphatic heterocycles. The normalized spacial score (nSPS) is 17.4. The molecule has 6 heteroatoms. The first kappa shape index (κ1) is 16.6. The van der Waals surface area contributed by atoms with Crippen LogP contribution in [0.3, 0.4) is 0 Å². The van der Waals surface area contributed by atoms with Gasteiger partial charge in [-0.1, -0.05) is 30.7 Å². The number of furan rings is 1. The highest BCUT2D eigenvalue weighted by Crippen LogP contribution is 2.29. The lowest BCUT2D eigenvalue weighted by Gasteiger charge is -2.18. The first-order valence-corrected chi connectivity index (χ1v) is 8.35. The molecule has 0 unspecified atom stereocenters. The summed E-state index contributed by atoms with van der Waals surface area (Å²) in [5.74, 6) is 0.511. The number of anilines is 1. The summed E-state index contributed by atoms with van der Waals surface area (Å²) in [4.78, 5) is 26.5. The number of rotatable bonds is 4. The second kappa shape index (κ2) is 6.69. The van der Waals surface area contributed by atoms with Crippen molar-refractivity contribution in [1.29, 1.82) is 0 Å². The van der Waals surface area contributed by atoms with Crippen molar-refractivity contribution in [2.75, 3.05) is 11.4 Å². The predicted octanol–water partition coefficient (Wildman–Crippen LogP) is 3.34. The number of benzene rings is 1. The summed E-state index contributed by atoms with van der Waals surface area (Å²) < 4.78 is 5.54. The number of para-hydroxylation sites is 1. The maximum Gasteiger partial charge on any atom is 0.287 e. The van der Waals surface area contributed by atoms with Crippen LogP contribution in [0.5, 0.6) is 0 Å². The molecule has 3 rings (SSSR count). The molecular formula is C18H19ClN2O3. The summed E-state index contributed by atoms with van der Waals surface area (Å²) in [5.41, 5.74) is 1.61. The van der Waals surface area contributed by atoms with Crippen molar-refractivity contribution < 1.29 is 14.0 Å². The number of nitrogens with zero attached hydrogens (tertiary/aromatic N) is 1. The number of aryl methyl sites for hydroxylation is 2. The molecule has 1 atom stereocenters. The molecule has 0 radical (unpaired) electrons. The molecule has 0 bridgehead atoms. The minimum atomic E-state index is -0.566. The molecule has 2 aromatic rings. The summed E-state index contributed by atoms with van der Waals surface area (Å²) in [5, 5.41) is 3.28. The van der Waals surface area contributed by atoms with Gasteiger partial charge in [-0.15, -0.1) is 0 Å². The minimum Gasteiger partial charge on any atom is -0.456 e. The molecule has 1 aliphatic rings. The van der Waals surface area contributed by atoms with Gasteiger partial charge < -0.3 is 14.6 Å². The number of hydrogen-bond donors (Lipinski definition) is 1. The van der Waals surface area contributed by atoms with E-state index in [9.17, 15) is 9.59 Å². The molecule has 1 N–H and O–H groups in total. The Kier molecular flexibility index (Phi) is 4.62. The van der Waals surface area contributed by atoms with Gasteiger partial charge in [0, 0.05) is 13.0 Å². The van der Waals surface area contributed by atoms with E-state index in [1.54, 1.807) is 23.1 Å². The van der Waals surface area contributed by atoms with E-state index in [1.807, 2.05) is 26.0 Å². The van der Waals surface area contributed by atoms with E-state index in [1.165, 1.54) is 0 Å². The first-order valence-electron chi connectivity index (χ1n) is 7.97. The van der Waals surface area contributed by atoms with Gasteiger partial charge in [-0.25, -0.2) is 0 Å². The smallest absolute Gasteiger partial charge is 0.287 e. The molecule has 0 aliphatic carbocycles. The summed E-state index contributed by atoms with van der Waals surface area (Å²) in [6, 6.07) is 8.33. The number of halogens is 1. The summed E-state index contributed by atoms with van der Waals surface area (Å²) >= 11 is 6.16. The largest absolute Gasteiger partial charge is 0.456 e. The number of carbonyl (C=O) groups is 2. The van der Waals surface area contributed by atoms with E-state index in [0.29, 0.717) is 23.7 Å². The highest BCUT2D eigenvalue weighted by molar-refractivity contribution is 6.34. The molecule has 1 fully saturated rings. The zero-order valence-corrected chi connectivity index (χ0v) is 14.4. The van der Waals surface area contributed by atoms with E-state index in [-0.39, 0.29) is 17.6 Å². The van der Waals surface area contributed by atoms with Gasteiger partial charge in [0.15, 0.2) is 5.76 Å². The van der Waals surface area contributed by atoms with Gasteiger partial charge in [-0.05, 0) is 37.1 Å². The van der Waals surface area contributed by atoms with Crippen LogP contribution >= 0.6 is 11.6 Å². The second-order valence-electron chi connectivity index (χ2n) is 5.83. The lowest BCUT2D eigenvalue weighted by atomic mass is 10.2. The molecule has 0 spiro atoms. The zero-order chi connectivity index (χ0) is 17.3. The lowest BCUT2D eigenvalue weighted by molar-refractivity contribution is -0.118. The summed E-state index contributed by atoms with van der Waals surface area (Å²) in [6.45, 7) is 4.39. The molecule has 2 heterocycles. The Balaban J connectivity index is 1.71. The van der Waals surface area contributed by atoms with Crippen LogP contribution in [-0.2, 0) is 11.2 Å². The number of amides is 2. The van der Waals surface area contributed by atoms with Crippen LogP contribution in [0.25, 0.3) is 0 Å². The third kappa shape index (κ3) is 3.04. The molecule has 1 aromatic heterocycles. The molecule has 1 aromatic carbocycles. The van der Waals surface area contributed by atoms with Crippen molar-refractivity contribution in [2.24, 2.45) is 0 Å². The van der Waals surface area contributed by atoms with Crippen LogP contribution in [0.4, 0.5) is 5.69 Å². The van der Waals surface area contributed by atoms with Crippen molar-refractivity contribution in [2.45, 2.75) is 32.7 Å². The summed E-state index contributed by atoms with van der Waals surface area (Å²) in [7, 11) is 0. The van der Waals surface area contributed by atoms with Crippen LogP contribution in [0.15, 0.2) is 34.7 Å². The van der Waals surface area contributed by atoms with E-state index in [2.05, 4.69) is 5.32 Å². The fourth-order valence-corrected chi connectivity index (χ4v) is 3.17. The molecule has 0 saturated carbocycles. The third-order valence-corrected chi connectivity index (χ3v) is 4.54. The average molecular weight is 347 g/mol. The fraction of sp³-hybridized carbons (Fsp3) is 0.333. The number of nitrogens with one attached hydrogen (secondary N) is 1. The van der Waals surface area contributed by atoms with Gasteiger partial charge in [-0.2, -0.15) is 0 Å². The topological polar surface area (TPSA) is 62.6 Å². The third-order valence-electron chi connectivity index (χ3n) is 4.22. The SMILES string of the molecule is CCc1oc(C(=O)N[C@H]2CCN(c3ccccc3Cl)C2=O)cc1C. The van der Waals surface area contributed by atoms with Gasteiger partial charge in [-0.3, -0.25) is 9.59 Å². The Bertz CT molecular complexity index is 784. The highest BCUT2D eigenvalue weighted by Gasteiger charge is 2.35. The number of hydrogen-bond acceptors (Lipinski definition) is 3. The average Bonchev–Trinajstić information content (AvgIpc) is 3.12. The lowest BCUT2D eigenvalue weighted by Crippen LogP contribution is -2.41. The Hall–Kier alpha value is -2.27. The Labute approximate surface area is 145 Å². The van der Waals surface area contributed by atoms with Crippen LogP contribution in [0, 0.1) is 6.92 Å². The van der Waals surface area contributed by atoms with Gasteiger partial charge in [0.2, 0.25) is 5.91 Å². The fourth-order valence-electron chi connectivity index (χ4n) is 2.94. The zero-order valence-electron chi connectivity index (χ0n) is 13.6. The van der Waals surface area contributed by atoms with Crippen molar-refractivity contribution >= 4 is 29.1 Å². The molecule has 1 saturated heterocycles. The van der Waals surface area contributed by atoms with E-state index >= 15 is 0 Å². The molecule has 24 heavy (non-hydrogen) atoms. The van der Waals surface area contributed by atoms with Crippen molar-refractivity contribution in [1.82, 2.24) is 5.32 Å². The van der Waals surface area contributed by atoms with E-state index in [4.69, 9.17) is 16.0 Å². The molecule has 126 valence electrons. The van der Waals surface area contributed by atoms with E-state index < -0.39 is 6.04 Å². The van der Waals surface area contributed by atoms with Crippen LogP contribution < -0.4 is 10.2 Å². The highest BCUT2D eigenvalue weighted by atomic mass is 35.5. The van der Waals surface area contributed by atoms with Gasteiger partial charge in [0.05, 0.1) is 10.7 Å². The molecule has 2 amide bonds. The van der Waals surface area contributed by atoms with Crippen LogP contribution in [0.2, 0.25) is 5.02 Å². The van der Waals surface area contributed by atoms with Gasteiger partial charge >= 0.3 is 0 Å². The molecular weight excluding hydrogens is 328 g/mol. The molecule has 5 nitrogen and oxygen atoms in total. The van der Waals surface area contributed by atoms with Crippen LogP contribution in [0.1, 0.15) is 35.2 Å². The number of carbonyl (C=O) groups excluding carboxylic acids is 2. The minimum absolute atomic E-state index is 0.157.